The number of carbonyl (C=O) groups is 2. The number of aryl methyl sites for hydroxylation is 1. The molecule has 1 unspecified atom stereocenters. The van der Waals surface area contributed by atoms with Gasteiger partial charge in [0.2, 0.25) is 11.5 Å². The van der Waals surface area contributed by atoms with Crippen molar-refractivity contribution in [1.29, 1.82) is 0 Å². The third-order valence-corrected chi connectivity index (χ3v) is 7.83. The number of benzene rings is 2. The predicted octanol–water partition coefficient (Wildman–Crippen LogP) is 4.32. The summed E-state index contributed by atoms with van der Waals surface area (Å²) >= 11 is 0. The van der Waals surface area contributed by atoms with Gasteiger partial charge in [0, 0.05) is 28.3 Å². The van der Waals surface area contributed by atoms with Gasteiger partial charge in [0.15, 0.2) is 0 Å². The number of halogens is 4. The van der Waals surface area contributed by atoms with E-state index in [1.807, 2.05) is 6.92 Å². The van der Waals surface area contributed by atoms with Crippen molar-refractivity contribution in [2.24, 2.45) is 5.73 Å². The number of alkyl halides is 3. The molecule has 3 heterocycles. The zero-order valence-corrected chi connectivity index (χ0v) is 23.9. The van der Waals surface area contributed by atoms with Gasteiger partial charge in [-0.15, -0.1) is 0 Å². The number of hydrogen-bond acceptors (Lipinski definition) is 7. The van der Waals surface area contributed by atoms with Gasteiger partial charge in [-0.2, -0.15) is 13.2 Å². The number of nitrogens with one attached hydrogen (secondary N) is 1. The third-order valence-electron chi connectivity index (χ3n) is 7.83. The average molecular weight is 613 g/mol. The van der Waals surface area contributed by atoms with Crippen molar-refractivity contribution in [3.05, 3.63) is 82.9 Å². The van der Waals surface area contributed by atoms with Crippen LogP contribution in [0.1, 0.15) is 41.0 Å². The minimum atomic E-state index is -5.36. The van der Waals surface area contributed by atoms with E-state index in [9.17, 15) is 32.3 Å². The number of primary amides is 1. The molecular weight excluding hydrogens is 584 g/mol. The number of aliphatic hydroxyl groups is 1. The van der Waals surface area contributed by atoms with Gasteiger partial charge in [-0.05, 0) is 67.4 Å². The zero-order valence-electron chi connectivity index (χ0n) is 23.9. The van der Waals surface area contributed by atoms with Crippen LogP contribution in [0.5, 0.6) is 11.5 Å². The van der Waals surface area contributed by atoms with Gasteiger partial charge in [0.25, 0.3) is 5.91 Å². The highest BCUT2D eigenvalue weighted by Crippen LogP contribution is 2.47. The highest BCUT2D eigenvalue weighted by molar-refractivity contribution is 6.00. The third kappa shape index (κ3) is 5.17. The van der Waals surface area contributed by atoms with Crippen molar-refractivity contribution >= 4 is 22.7 Å². The molecule has 0 radical (unpaired) electrons. The number of nitrogens with zero attached hydrogens (tertiary/aromatic N) is 2. The van der Waals surface area contributed by atoms with Crippen LogP contribution in [0.4, 0.5) is 17.6 Å². The Balaban J connectivity index is 1.58. The molecule has 5 rings (SSSR count). The van der Waals surface area contributed by atoms with Crippen LogP contribution in [0.2, 0.25) is 0 Å². The van der Waals surface area contributed by atoms with Crippen LogP contribution in [-0.4, -0.2) is 53.3 Å². The number of aromatic nitrogens is 2. The summed E-state index contributed by atoms with van der Waals surface area (Å²) < 4.78 is 68.8. The summed E-state index contributed by atoms with van der Waals surface area (Å²) in [7, 11) is 1.37. The Hall–Kier alpha value is -4.78. The van der Waals surface area contributed by atoms with E-state index in [0.717, 1.165) is 23.8 Å². The number of pyridine rings is 2. The highest BCUT2D eigenvalue weighted by Gasteiger charge is 2.57. The summed E-state index contributed by atoms with van der Waals surface area (Å²) in [6, 6.07) is 10.2. The molecule has 0 fully saturated rings. The monoisotopic (exact) mass is 612 g/mol. The molecule has 0 bridgehead atoms. The van der Waals surface area contributed by atoms with Crippen LogP contribution >= 0.6 is 0 Å². The van der Waals surface area contributed by atoms with Crippen LogP contribution < -0.4 is 20.5 Å². The smallest absolute Gasteiger partial charge is 0.424 e. The van der Waals surface area contributed by atoms with E-state index in [1.54, 1.807) is 12.3 Å². The molecule has 230 valence electrons. The van der Waals surface area contributed by atoms with E-state index in [4.69, 9.17) is 15.2 Å². The molecule has 44 heavy (non-hydrogen) atoms. The lowest BCUT2D eigenvalue weighted by Gasteiger charge is -2.31. The second-order valence-corrected chi connectivity index (χ2v) is 10.7. The molecule has 4 N–H and O–H groups in total. The molecule has 2 amide bonds. The second-order valence-electron chi connectivity index (χ2n) is 10.7. The molecule has 1 aliphatic rings. The van der Waals surface area contributed by atoms with Crippen LogP contribution in [0.3, 0.4) is 0 Å². The first-order valence-electron chi connectivity index (χ1n) is 13.5. The minimum Gasteiger partial charge on any atom is -0.494 e. The van der Waals surface area contributed by atoms with Gasteiger partial charge < -0.3 is 25.6 Å². The Labute approximate surface area is 249 Å². The van der Waals surface area contributed by atoms with Gasteiger partial charge in [-0.3, -0.25) is 14.6 Å². The molecule has 0 spiro atoms. The molecule has 13 heteroatoms. The quantitative estimate of drug-likeness (QED) is 0.252. The van der Waals surface area contributed by atoms with Crippen LogP contribution in [0.25, 0.3) is 22.2 Å². The Morgan fingerprint density at radius 3 is 2.48 bits per heavy atom. The highest BCUT2D eigenvalue weighted by atomic mass is 19.4. The van der Waals surface area contributed by atoms with Crippen LogP contribution in [0.15, 0.2) is 54.7 Å². The number of rotatable bonds is 8. The van der Waals surface area contributed by atoms with E-state index in [-0.39, 0.29) is 40.5 Å². The zero-order chi connectivity index (χ0) is 32.0. The average Bonchev–Trinajstić information content (AvgIpc) is 3.35. The van der Waals surface area contributed by atoms with Gasteiger partial charge in [-0.1, -0.05) is 6.92 Å². The van der Waals surface area contributed by atoms with Crippen molar-refractivity contribution in [2.45, 2.75) is 37.5 Å². The summed E-state index contributed by atoms with van der Waals surface area (Å²) in [6.45, 7) is 1.67. The van der Waals surface area contributed by atoms with Crippen LogP contribution in [-0.2, 0) is 22.2 Å². The SMILES string of the molecule is CCc1cnc2c(OC)cc(C(=O)NCC(O)(c3cc4c(c(-c5ccc(F)cc5)n3)OC[C@]4(C)C(N)=O)C(F)(F)F)cc2c1. The van der Waals surface area contributed by atoms with Gasteiger partial charge in [-0.25, -0.2) is 9.37 Å². The Morgan fingerprint density at radius 1 is 1.16 bits per heavy atom. The molecule has 0 saturated heterocycles. The lowest BCUT2D eigenvalue weighted by molar-refractivity contribution is -0.265. The summed E-state index contributed by atoms with van der Waals surface area (Å²) in [5.41, 5.74) is 0.634. The largest absolute Gasteiger partial charge is 0.494 e. The Morgan fingerprint density at radius 2 is 1.86 bits per heavy atom. The molecule has 1 aliphatic heterocycles. The number of methoxy groups -OCH3 is 1. The van der Waals surface area contributed by atoms with E-state index >= 15 is 0 Å². The number of hydrogen-bond donors (Lipinski definition) is 3. The number of amides is 2. The second kappa shape index (κ2) is 11.1. The maximum atomic E-state index is 14.7. The summed E-state index contributed by atoms with van der Waals surface area (Å²) in [5, 5.41) is 14.0. The normalized spacial score (nSPS) is 17.5. The van der Waals surface area contributed by atoms with Crippen molar-refractivity contribution in [3.63, 3.8) is 0 Å². The van der Waals surface area contributed by atoms with Gasteiger partial charge in [0.05, 0.1) is 19.3 Å². The maximum Gasteiger partial charge on any atom is 0.424 e. The Bertz CT molecular complexity index is 1780. The topological polar surface area (TPSA) is 137 Å². The van der Waals surface area contributed by atoms with E-state index < -0.39 is 47.1 Å². The van der Waals surface area contributed by atoms with Crippen molar-refractivity contribution in [3.8, 4) is 22.8 Å². The molecular formula is C31H28F4N4O5. The van der Waals surface area contributed by atoms with Gasteiger partial charge >= 0.3 is 6.18 Å². The molecule has 4 aromatic rings. The van der Waals surface area contributed by atoms with Crippen molar-refractivity contribution in [2.75, 3.05) is 20.3 Å². The number of fused-ring (bicyclic) bond motifs is 2. The van der Waals surface area contributed by atoms with E-state index in [0.29, 0.717) is 17.3 Å². The summed E-state index contributed by atoms with van der Waals surface area (Å²) in [4.78, 5) is 34.1. The molecule has 0 aliphatic carbocycles. The summed E-state index contributed by atoms with van der Waals surface area (Å²) in [5.74, 6) is -2.21. The fourth-order valence-corrected chi connectivity index (χ4v) is 4.99. The van der Waals surface area contributed by atoms with Gasteiger partial charge in [0.1, 0.15) is 40.5 Å². The van der Waals surface area contributed by atoms with Crippen LogP contribution in [0, 0.1) is 5.82 Å². The molecule has 2 aromatic carbocycles. The van der Waals surface area contributed by atoms with Crippen molar-refractivity contribution < 1.29 is 41.7 Å². The number of ether oxygens (including phenoxy) is 2. The fraction of sp³-hybridized carbons (Fsp3) is 0.290. The molecule has 2 atom stereocenters. The number of carbonyl (C=O) groups excluding carboxylic acids is 2. The predicted molar refractivity (Wildman–Crippen MR) is 152 cm³/mol. The Kier molecular flexibility index (Phi) is 7.70. The first-order valence-corrected chi connectivity index (χ1v) is 13.5. The first-order chi connectivity index (χ1) is 20.7. The van der Waals surface area contributed by atoms with E-state index in [1.165, 1.54) is 38.3 Å². The summed E-state index contributed by atoms with van der Waals surface area (Å²) in [6.07, 6.45) is -3.04. The standard InChI is InChI=1S/C31H28F4N4O5/c1-4-16-9-18-10-19(11-22(43-3)24(18)37-13-16)27(40)38-14-30(42,31(33,34)35)23-12-21-26(44-15-29(21,2)28(36)41)25(39-23)17-5-7-20(32)8-6-17/h5-13,42H,4,14-15H2,1-3H3,(H2,36,41)(H,38,40)/t29-,30?/m0/s1. The van der Waals surface area contributed by atoms with Crippen molar-refractivity contribution in [1.82, 2.24) is 15.3 Å². The fourth-order valence-electron chi connectivity index (χ4n) is 4.99. The molecule has 0 saturated carbocycles. The lowest BCUT2D eigenvalue weighted by Crippen LogP contribution is -2.51. The maximum absolute atomic E-state index is 14.7. The van der Waals surface area contributed by atoms with E-state index in [2.05, 4.69) is 15.3 Å². The lowest BCUT2D eigenvalue weighted by atomic mass is 9.81. The first kappa shape index (κ1) is 30.7. The molecule has 9 nitrogen and oxygen atoms in total. The minimum absolute atomic E-state index is 0.0291. The number of nitrogens with two attached hydrogens (primary N) is 1. The molecule has 2 aromatic heterocycles.